The smallest absolute Gasteiger partial charge is 0.227 e. The molecule has 0 spiro atoms. The van der Waals surface area contributed by atoms with Crippen molar-refractivity contribution in [1.29, 1.82) is 5.26 Å². The molecule has 0 aromatic heterocycles. The van der Waals surface area contributed by atoms with Gasteiger partial charge >= 0.3 is 0 Å². The van der Waals surface area contributed by atoms with E-state index in [1.807, 2.05) is 49.1 Å². The molecule has 1 atom stereocenters. The number of benzene rings is 2. The first kappa shape index (κ1) is 21.8. The third-order valence-corrected chi connectivity index (χ3v) is 6.22. The number of nitrogens with zero attached hydrogens (tertiary/aromatic N) is 2. The summed E-state index contributed by atoms with van der Waals surface area (Å²) in [6.07, 6.45) is 3.23. The van der Waals surface area contributed by atoms with Crippen LogP contribution in [0.1, 0.15) is 51.0 Å². The second-order valence-electron chi connectivity index (χ2n) is 8.01. The lowest BCUT2D eigenvalue weighted by molar-refractivity contribution is -0.120. The molecular weight excluding hydrogens is 377 g/mol. The topological polar surface area (TPSA) is 56.1 Å². The zero-order valence-corrected chi connectivity index (χ0v) is 17.8. The summed E-state index contributed by atoms with van der Waals surface area (Å²) in [5.74, 6) is -0.285. The lowest BCUT2D eigenvalue weighted by atomic mass is 9.81. The summed E-state index contributed by atoms with van der Waals surface area (Å²) in [5.41, 5.74) is 2.11. The normalized spacial score (nSPS) is 15.6. The molecule has 1 aliphatic rings. The summed E-state index contributed by atoms with van der Waals surface area (Å²) in [7, 11) is 0. The van der Waals surface area contributed by atoms with E-state index < -0.39 is 0 Å². The quantitative estimate of drug-likeness (QED) is 0.638. The zero-order valence-electron chi connectivity index (χ0n) is 17.8. The molecule has 158 valence electrons. The van der Waals surface area contributed by atoms with Gasteiger partial charge in [-0.1, -0.05) is 44.2 Å². The number of piperidine rings is 1. The standard InChI is InChI=1S/C25H30FN3O/c1-3-18(4-2)25(30)28-21-10-11-24(23(26)16-21)29-14-12-20(13-15-29)22(17-27)19-8-6-5-7-9-19/h5-11,16,18,20,22H,3-4,12-15H2,1-2H3,(H,28,30). The van der Waals surface area contributed by atoms with Gasteiger partial charge in [-0.2, -0.15) is 5.26 Å². The van der Waals surface area contributed by atoms with E-state index in [2.05, 4.69) is 11.4 Å². The molecule has 2 aromatic rings. The molecule has 1 N–H and O–H groups in total. The van der Waals surface area contributed by atoms with Gasteiger partial charge in [-0.05, 0) is 55.4 Å². The molecule has 1 fully saturated rings. The summed E-state index contributed by atoms with van der Waals surface area (Å²) >= 11 is 0. The van der Waals surface area contributed by atoms with Crippen molar-refractivity contribution >= 4 is 17.3 Å². The number of nitriles is 1. The van der Waals surface area contributed by atoms with Crippen LogP contribution < -0.4 is 10.2 Å². The molecule has 2 aromatic carbocycles. The summed E-state index contributed by atoms with van der Waals surface area (Å²) in [4.78, 5) is 14.3. The van der Waals surface area contributed by atoms with Crippen LogP contribution in [-0.2, 0) is 4.79 Å². The lowest BCUT2D eigenvalue weighted by Crippen LogP contribution is -2.36. The predicted octanol–water partition coefficient (Wildman–Crippen LogP) is 5.72. The SMILES string of the molecule is CCC(CC)C(=O)Nc1ccc(N2CCC(C(C#N)c3ccccc3)CC2)c(F)c1. The fourth-order valence-corrected chi connectivity index (χ4v) is 4.33. The van der Waals surface area contributed by atoms with Gasteiger partial charge in [0, 0.05) is 24.7 Å². The van der Waals surface area contributed by atoms with E-state index in [-0.39, 0.29) is 29.5 Å². The number of halogens is 1. The number of nitrogens with one attached hydrogen (secondary N) is 1. The van der Waals surface area contributed by atoms with Gasteiger partial charge in [0.25, 0.3) is 0 Å². The van der Waals surface area contributed by atoms with Crippen molar-refractivity contribution in [1.82, 2.24) is 0 Å². The Balaban J connectivity index is 1.63. The van der Waals surface area contributed by atoms with E-state index in [9.17, 15) is 14.4 Å². The van der Waals surface area contributed by atoms with Crippen LogP contribution in [0, 0.1) is 29.0 Å². The maximum absolute atomic E-state index is 14.8. The summed E-state index contributed by atoms with van der Waals surface area (Å²) in [6.45, 7) is 5.39. The fourth-order valence-electron chi connectivity index (χ4n) is 4.33. The first-order chi connectivity index (χ1) is 14.6. The Morgan fingerprint density at radius 2 is 1.83 bits per heavy atom. The molecule has 1 heterocycles. The van der Waals surface area contributed by atoms with Crippen LogP contribution in [-0.4, -0.2) is 19.0 Å². The Kier molecular flexibility index (Phi) is 7.46. The van der Waals surface area contributed by atoms with Gasteiger partial charge in [-0.3, -0.25) is 4.79 Å². The van der Waals surface area contributed by atoms with Gasteiger partial charge in [0.15, 0.2) is 0 Å². The molecule has 1 aliphatic heterocycles. The average molecular weight is 408 g/mol. The highest BCUT2D eigenvalue weighted by atomic mass is 19.1. The van der Waals surface area contributed by atoms with Gasteiger partial charge in [-0.15, -0.1) is 0 Å². The monoisotopic (exact) mass is 407 g/mol. The number of carbonyl (C=O) groups is 1. The maximum atomic E-state index is 14.8. The number of rotatable bonds is 7. The number of carbonyl (C=O) groups excluding carboxylic acids is 1. The highest BCUT2D eigenvalue weighted by molar-refractivity contribution is 5.92. The number of anilines is 2. The number of amides is 1. The van der Waals surface area contributed by atoms with Crippen molar-refractivity contribution in [3.8, 4) is 6.07 Å². The van der Waals surface area contributed by atoms with Crippen molar-refractivity contribution < 1.29 is 9.18 Å². The Bertz CT molecular complexity index is 881. The Labute approximate surface area is 178 Å². The van der Waals surface area contributed by atoms with E-state index in [1.165, 1.54) is 6.07 Å². The van der Waals surface area contributed by atoms with E-state index in [0.717, 1.165) is 31.2 Å². The van der Waals surface area contributed by atoms with Crippen molar-refractivity contribution in [2.24, 2.45) is 11.8 Å². The van der Waals surface area contributed by atoms with E-state index >= 15 is 0 Å². The molecule has 0 saturated carbocycles. The molecule has 1 unspecified atom stereocenters. The third kappa shape index (κ3) is 4.99. The van der Waals surface area contributed by atoms with Crippen molar-refractivity contribution in [3.63, 3.8) is 0 Å². The van der Waals surface area contributed by atoms with Crippen LogP contribution in [0.15, 0.2) is 48.5 Å². The van der Waals surface area contributed by atoms with Gasteiger partial charge in [-0.25, -0.2) is 4.39 Å². The van der Waals surface area contributed by atoms with E-state index in [1.54, 1.807) is 12.1 Å². The van der Waals surface area contributed by atoms with Crippen molar-refractivity contribution in [3.05, 3.63) is 59.9 Å². The second-order valence-corrected chi connectivity index (χ2v) is 8.01. The molecule has 3 rings (SSSR count). The molecule has 5 heteroatoms. The van der Waals surface area contributed by atoms with Crippen molar-refractivity contribution in [2.75, 3.05) is 23.3 Å². The first-order valence-corrected chi connectivity index (χ1v) is 10.9. The van der Waals surface area contributed by atoms with Gasteiger partial charge < -0.3 is 10.2 Å². The predicted molar refractivity (Wildman–Crippen MR) is 119 cm³/mol. The minimum Gasteiger partial charge on any atom is -0.369 e. The molecule has 30 heavy (non-hydrogen) atoms. The lowest BCUT2D eigenvalue weighted by Gasteiger charge is -2.35. The van der Waals surface area contributed by atoms with Gasteiger partial charge in [0.1, 0.15) is 5.82 Å². The number of hydrogen-bond acceptors (Lipinski definition) is 3. The highest BCUT2D eigenvalue weighted by Gasteiger charge is 2.28. The third-order valence-electron chi connectivity index (χ3n) is 6.22. The summed E-state index contributed by atoms with van der Waals surface area (Å²) in [6, 6.07) is 17.3. The van der Waals surface area contributed by atoms with Crippen LogP contribution in [0.5, 0.6) is 0 Å². The van der Waals surface area contributed by atoms with Crippen LogP contribution >= 0.6 is 0 Å². The molecular formula is C25H30FN3O. The molecule has 0 radical (unpaired) electrons. The average Bonchev–Trinajstić information content (AvgIpc) is 2.77. The zero-order chi connectivity index (χ0) is 21.5. The van der Waals surface area contributed by atoms with Crippen molar-refractivity contribution in [2.45, 2.75) is 45.4 Å². The minimum absolute atomic E-state index is 0.0514. The summed E-state index contributed by atoms with van der Waals surface area (Å²) < 4.78 is 14.8. The Morgan fingerprint density at radius 3 is 2.40 bits per heavy atom. The van der Waals surface area contributed by atoms with Gasteiger partial charge in [0.05, 0.1) is 17.7 Å². The van der Waals surface area contributed by atoms with E-state index in [0.29, 0.717) is 24.5 Å². The largest absolute Gasteiger partial charge is 0.369 e. The second kappa shape index (κ2) is 10.2. The minimum atomic E-state index is -0.323. The highest BCUT2D eigenvalue weighted by Crippen LogP contribution is 2.34. The molecule has 0 aliphatic carbocycles. The molecule has 1 amide bonds. The maximum Gasteiger partial charge on any atom is 0.227 e. The van der Waals surface area contributed by atoms with Gasteiger partial charge in [0.2, 0.25) is 5.91 Å². The fraction of sp³-hybridized carbons (Fsp3) is 0.440. The van der Waals surface area contributed by atoms with E-state index in [4.69, 9.17) is 0 Å². The molecule has 4 nitrogen and oxygen atoms in total. The number of hydrogen-bond donors (Lipinski definition) is 1. The Morgan fingerprint density at radius 1 is 1.17 bits per heavy atom. The summed E-state index contributed by atoms with van der Waals surface area (Å²) in [5, 5.41) is 12.5. The molecule has 0 bridgehead atoms. The first-order valence-electron chi connectivity index (χ1n) is 10.9. The van der Waals surface area contributed by atoms with Crippen LogP contribution in [0.3, 0.4) is 0 Å². The Hall–Kier alpha value is -2.87. The molecule has 1 saturated heterocycles. The van der Waals surface area contributed by atoms with Crippen LogP contribution in [0.25, 0.3) is 0 Å². The van der Waals surface area contributed by atoms with Crippen LogP contribution in [0.2, 0.25) is 0 Å². The van der Waals surface area contributed by atoms with Crippen LogP contribution in [0.4, 0.5) is 15.8 Å².